The maximum atomic E-state index is 9.56. The number of aliphatic hydroxyl groups is 1. The molecule has 2 N–H and O–H groups in total. The molecule has 1 aliphatic rings. The Morgan fingerprint density at radius 3 is 2.85 bits per heavy atom. The van der Waals surface area contributed by atoms with Crippen LogP contribution in [0.5, 0.6) is 0 Å². The summed E-state index contributed by atoms with van der Waals surface area (Å²) in [5, 5.41) is 13.2. The lowest BCUT2D eigenvalue weighted by molar-refractivity contribution is 0.188. The lowest BCUT2D eigenvalue weighted by Gasteiger charge is -2.34. The van der Waals surface area contributed by atoms with E-state index < -0.39 is 0 Å². The quantitative estimate of drug-likeness (QED) is 0.839. The molecule has 20 heavy (non-hydrogen) atoms. The van der Waals surface area contributed by atoms with Crippen LogP contribution < -0.4 is 5.32 Å². The third-order valence-electron chi connectivity index (χ3n) is 4.58. The summed E-state index contributed by atoms with van der Waals surface area (Å²) in [7, 11) is 0. The Bertz CT molecular complexity index is 382. The minimum absolute atomic E-state index is 0.223. The van der Waals surface area contributed by atoms with E-state index in [9.17, 15) is 5.11 Å². The third-order valence-corrected chi connectivity index (χ3v) is 4.58. The van der Waals surface area contributed by atoms with Crippen molar-refractivity contribution >= 4 is 0 Å². The van der Waals surface area contributed by atoms with Crippen LogP contribution in [-0.2, 0) is 6.42 Å². The topological polar surface area (TPSA) is 45.1 Å². The zero-order valence-corrected chi connectivity index (χ0v) is 12.8. The first-order chi connectivity index (χ1) is 9.69. The van der Waals surface area contributed by atoms with E-state index >= 15 is 0 Å². The number of hydrogen-bond acceptors (Lipinski definition) is 3. The molecule has 0 saturated heterocycles. The summed E-state index contributed by atoms with van der Waals surface area (Å²) in [6.45, 7) is 5.81. The van der Waals surface area contributed by atoms with Gasteiger partial charge in [0, 0.05) is 31.1 Å². The van der Waals surface area contributed by atoms with Crippen LogP contribution in [-0.4, -0.2) is 29.3 Å². The van der Waals surface area contributed by atoms with Crippen molar-refractivity contribution < 1.29 is 5.11 Å². The van der Waals surface area contributed by atoms with Gasteiger partial charge in [0.1, 0.15) is 0 Å². The zero-order chi connectivity index (χ0) is 14.4. The van der Waals surface area contributed by atoms with E-state index in [1.54, 1.807) is 0 Å². The van der Waals surface area contributed by atoms with Gasteiger partial charge in [-0.3, -0.25) is 4.98 Å². The molecule has 0 aromatic carbocycles. The van der Waals surface area contributed by atoms with Crippen molar-refractivity contribution in [1.29, 1.82) is 0 Å². The summed E-state index contributed by atoms with van der Waals surface area (Å²) in [5.74, 6) is 1.87. The molecule has 0 amide bonds. The maximum Gasteiger partial charge on any atom is 0.0475 e. The van der Waals surface area contributed by atoms with Crippen LogP contribution in [0.25, 0.3) is 0 Å². The molecule has 0 spiro atoms. The van der Waals surface area contributed by atoms with Crippen molar-refractivity contribution in [2.45, 2.75) is 45.6 Å². The number of hydrogen-bond donors (Lipinski definition) is 2. The monoisotopic (exact) mass is 276 g/mol. The molecule has 1 fully saturated rings. The largest absolute Gasteiger partial charge is 0.396 e. The van der Waals surface area contributed by atoms with Crippen molar-refractivity contribution in [3.63, 3.8) is 0 Å². The summed E-state index contributed by atoms with van der Waals surface area (Å²) >= 11 is 0. The molecule has 1 aromatic rings. The van der Waals surface area contributed by atoms with Gasteiger partial charge < -0.3 is 10.4 Å². The highest BCUT2D eigenvalue weighted by atomic mass is 16.3. The summed E-state index contributed by atoms with van der Waals surface area (Å²) in [6, 6.07) is 6.59. The Labute approximate surface area is 122 Å². The molecule has 1 saturated carbocycles. The van der Waals surface area contributed by atoms with E-state index in [4.69, 9.17) is 0 Å². The van der Waals surface area contributed by atoms with E-state index in [0.717, 1.165) is 30.5 Å². The Morgan fingerprint density at radius 2 is 2.20 bits per heavy atom. The van der Waals surface area contributed by atoms with E-state index in [2.05, 4.69) is 24.1 Å². The van der Waals surface area contributed by atoms with E-state index in [-0.39, 0.29) is 12.5 Å². The summed E-state index contributed by atoms with van der Waals surface area (Å²) < 4.78 is 0. The number of rotatable bonds is 6. The van der Waals surface area contributed by atoms with E-state index in [0.29, 0.717) is 6.04 Å². The predicted octanol–water partition coefficient (Wildman–Crippen LogP) is 2.65. The van der Waals surface area contributed by atoms with Crippen molar-refractivity contribution in [2.75, 3.05) is 13.2 Å². The van der Waals surface area contributed by atoms with E-state index in [1.807, 2.05) is 24.4 Å². The molecule has 1 aromatic heterocycles. The molecule has 0 unspecified atom stereocenters. The smallest absolute Gasteiger partial charge is 0.0475 e. The van der Waals surface area contributed by atoms with Gasteiger partial charge in [0.2, 0.25) is 0 Å². The molecule has 0 radical (unpaired) electrons. The fourth-order valence-corrected chi connectivity index (χ4v) is 3.30. The maximum absolute atomic E-state index is 9.56. The van der Waals surface area contributed by atoms with Crippen LogP contribution in [0.15, 0.2) is 24.4 Å². The van der Waals surface area contributed by atoms with Crippen molar-refractivity contribution in [1.82, 2.24) is 10.3 Å². The van der Waals surface area contributed by atoms with Crippen LogP contribution in [0, 0.1) is 17.8 Å². The molecule has 112 valence electrons. The van der Waals surface area contributed by atoms with Gasteiger partial charge in [-0.25, -0.2) is 0 Å². The average molecular weight is 276 g/mol. The predicted molar refractivity (Wildman–Crippen MR) is 82.5 cm³/mol. The second-order valence-corrected chi connectivity index (χ2v) is 6.48. The lowest BCUT2D eigenvalue weighted by Crippen LogP contribution is -2.42. The SMILES string of the molecule is C[C@@H]1CC[C@H](NC[C@@H](CO)Cc2ccccn2)[C@H](C)C1. The molecular weight excluding hydrogens is 248 g/mol. The highest BCUT2D eigenvalue weighted by Crippen LogP contribution is 2.28. The Balaban J connectivity index is 1.79. The standard InChI is InChI=1S/C17H28N2O/c1-13-6-7-17(14(2)9-13)19-11-15(12-20)10-16-5-3-4-8-18-16/h3-5,8,13-15,17,19-20H,6-7,9-12H2,1-2H3/t13-,14-,15+,17+/m1/s1. The van der Waals surface area contributed by atoms with Crippen LogP contribution in [0.4, 0.5) is 0 Å². The Hall–Kier alpha value is -0.930. The third kappa shape index (κ3) is 4.57. The number of nitrogens with one attached hydrogen (secondary N) is 1. The minimum Gasteiger partial charge on any atom is -0.396 e. The summed E-state index contributed by atoms with van der Waals surface area (Å²) in [6.07, 6.45) is 6.58. The van der Waals surface area contributed by atoms with Gasteiger partial charge in [0.05, 0.1) is 0 Å². The fourth-order valence-electron chi connectivity index (χ4n) is 3.30. The average Bonchev–Trinajstić information content (AvgIpc) is 2.46. The first kappa shape index (κ1) is 15.5. The Morgan fingerprint density at radius 1 is 1.35 bits per heavy atom. The van der Waals surface area contributed by atoms with Crippen LogP contribution in [0.3, 0.4) is 0 Å². The lowest BCUT2D eigenvalue weighted by atomic mass is 9.79. The molecule has 0 aliphatic heterocycles. The normalized spacial score (nSPS) is 28.2. The number of nitrogens with zero attached hydrogens (tertiary/aromatic N) is 1. The first-order valence-corrected chi connectivity index (χ1v) is 7.93. The van der Waals surface area contributed by atoms with Crippen LogP contribution >= 0.6 is 0 Å². The number of pyridine rings is 1. The van der Waals surface area contributed by atoms with Crippen molar-refractivity contribution in [2.24, 2.45) is 17.8 Å². The Kier molecular flexibility index (Phi) is 5.99. The molecule has 2 rings (SSSR count). The van der Waals surface area contributed by atoms with Crippen LogP contribution in [0.1, 0.15) is 38.8 Å². The molecule has 1 aliphatic carbocycles. The fraction of sp³-hybridized carbons (Fsp3) is 0.706. The van der Waals surface area contributed by atoms with Gasteiger partial charge in [-0.2, -0.15) is 0 Å². The molecule has 0 bridgehead atoms. The summed E-state index contributed by atoms with van der Waals surface area (Å²) in [4.78, 5) is 4.35. The van der Waals surface area contributed by atoms with Crippen molar-refractivity contribution in [3.8, 4) is 0 Å². The number of aliphatic hydroxyl groups excluding tert-OH is 1. The van der Waals surface area contributed by atoms with Crippen LogP contribution in [0.2, 0.25) is 0 Å². The molecule has 1 heterocycles. The molecular formula is C17H28N2O. The van der Waals surface area contributed by atoms with Gasteiger partial charge in [-0.1, -0.05) is 19.9 Å². The second kappa shape index (κ2) is 7.75. The summed E-state index contributed by atoms with van der Waals surface area (Å²) in [5.41, 5.74) is 1.07. The van der Waals surface area contributed by atoms with E-state index in [1.165, 1.54) is 19.3 Å². The van der Waals surface area contributed by atoms with Gasteiger partial charge >= 0.3 is 0 Å². The molecule has 3 heteroatoms. The highest BCUT2D eigenvalue weighted by Gasteiger charge is 2.25. The molecule has 4 atom stereocenters. The van der Waals surface area contributed by atoms with Gasteiger partial charge in [0.25, 0.3) is 0 Å². The zero-order valence-electron chi connectivity index (χ0n) is 12.8. The minimum atomic E-state index is 0.223. The van der Waals surface area contributed by atoms with Crippen molar-refractivity contribution in [3.05, 3.63) is 30.1 Å². The first-order valence-electron chi connectivity index (χ1n) is 7.93. The number of aromatic nitrogens is 1. The van der Waals surface area contributed by atoms with Gasteiger partial charge in [-0.15, -0.1) is 0 Å². The highest BCUT2D eigenvalue weighted by molar-refractivity contribution is 5.04. The molecule has 3 nitrogen and oxygen atoms in total. The second-order valence-electron chi connectivity index (χ2n) is 6.48. The van der Waals surface area contributed by atoms with Gasteiger partial charge in [0.15, 0.2) is 0 Å². The van der Waals surface area contributed by atoms with Gasteiger partial charge in [-0.05, 0) is 55.6 Å².